The van der Waals surface area contributed by atoms with E-state index in [0.717, 1.165) is 37.1 Å². The molecular weight excluding hydrogens is 604 g/mol. The van der Waals surface area contributed by atoms with Crippen molar-refractivity contribution in [3.05, 3.63) is 55.1 Å². The Hall–Kier alpha value is -1.40. The van der Waals surface area contributed by atoms with E-state index >= 15 is 0 Å². The fraction of sp³-hybridized carbons (Fsp3) is 0.364. The van der Waals surface area contributed by atoms with Gasteiger partial charge < -0.3 is 15.8 Å². The quantitative estimate of drug-likeness (QED) is 0.384. The van der Waals surface area contributed by atoms with Gasteiger partial charge in [-0.1, -0.05) is 6.07 Å². The number of pyridine rings is 1. The van der Waals surface area contributed by atoms with Crippen LogP contribution in [-0.4, -0.2) is 27.9 Å². The summed E-state index contributed by atoms with van der Waals surface area (Å²) in [6.45, 7) is 6.25. The van der Waals surface area contributed by atoms with Crippen LogP contribution in [0, 0.1) is 14.1 Å². The molecule has 1 atom stereocenters. The largest absolute Gasteiger partial charge is 0.482 e. The lowest BCUT2D eigenvalue weighted by Gasteiger charge is -2.22. The molecule has 1 saturated heterocycles. The summed E-state index contributed by atoms with van der Waals surface area (Å²) >= 11 is 4.75. The van der Waals surface area contributed by atoms with E-state index in [1.807, 2.05) is 12.3 Å². The Bertz CT molecular complexity index is 1050. The highest BCUT2D eigenvalue weighted by atomic mass is 127. The molecule has 0 aliphatic carbocycles. The number of aromatic nitrogens is 3. The third-order valence-corrected chi connectivity index (χ3v) is 7.90. The summed E-state index contributed by atoms with van der Waals surface area (Å²) in [4.78, 5) is 4.39. The zero-order valence-corrected chi connectivity index (χ0v) is 21.3. The highest BCUT2D eigenvalue weighted by molar-refractivity contribution is 14.1. The van der Waals surface area contributed by atoms with E-state index in [2.05, 4.69) is 97.4 Å². The lowest BCUT2D eigenvalue weighted by molar-refractivity contribution is 0.226. The van der Waals surface area contributed by atoms with Gasteiger partial charge in [0.2, 0.25) is 0 Å². The molecular formula is C22H25I2N5O. The van der Waals surface area contributed by atoms with Crippen molar-refractivity contribution in [3.8, 4) is 16.9 Å². The summed E-state index contributed by atoms with van der Waals surface area (Å²) in [6, 6.07) is 6.68. The van der Waals surface area contributed by atoms with Crippen LogP contribution < -0.4 is 15.8 Å². The molecule has 1 aliphatic rings. The number of piperidine rings is 1. The molecule has 0 amide bonds. The molecule has 1 aromatic carbocycles. The van der Waals surface area contributed by atoms with E-state index in [9.17, 15) is 0 Å². The molecule has 6 nitrogen and oxygen atoms in total. The van der Waals surface area contributed by atoms with Crippen molar-refractivity contribution in [1.29, 1.82) is 0 Å². The minimum atomic E-state index is -0.138. The molecule has 1 fully saturated rings. The number of nitrogens with two attached hydrogens (primary N) is 1. The number of halogens is 2. The van der Waals surface area contributed by atoms with Crippen LogP contribution >= 0.6 is 45.2 Å². The second kappa shape index (κ2) is 9.39. The first kappa shape index (κ1) is 21.8. The molecule has 4 rings (SSSR count). The van der Waals surface area contributed by atoms with Crippen LogP contribution in [0.15, 0.2) is 36.8 Å². The summed E-state index contributed by atoms with van der Waals surface area (Å²) in [5.74, 6) is 0.997. The Labute approximate surface area is 204 Å². The Morgan fingerprint density at radius 2 is 1.97 bits per heavy atom. The maximum atomic E-state index is 6.30. The minimum absolute atomic E-state index is 0.138. The van der Waals surface area contributed by atoms with Crippen molar-refractivity contribution in [2.75, 3.05) is 18.8 Å². The van der Waals surface area contributed by atoms with Gasteiger partial charge in [-0.3, -0.25) is 4.68 Å². The number of nitrogens with one attached hydrogen (secondary N) is 1. The van der Waals surface area contributed by atoms with Crippen LogP contribution in [0.1, 0.15) is 43.0 Å². The summed E-state index contributed by atoms with van der Waals surface area (Å²) in [7, 11) is 0. The van der Waals surface area contributed by atoms with Gasteiger partial charge >= 0.3 is 0 Å². The van der Waals surface area contributed by atoms with Crippen LogP contribution in [-0.2, 0) is 0 Å². The fourth-order valence-electron chi connectivity index (χ4n) is 3.77. The summed E-state index contributed by atoms with van der Waals surface area (Å²) in [6.07, 6.45) is 7.84. The van der Waals surface area contributed by atoms with Gasteiger partial charge in [0.25, 0.3) is 0 Å². The van der Waals surface area contributed by atoms with Crippen molar-refractivity contribution < 1.29 is 4.74 Å². The molecule has 2 aromatic heterocycles. The molecule has 0 radical (unpaired) electrons. The second-order valence-corrected chi connectivity index (χ2v) is 9.89. The zero-order chi connectivity index (χ0) is 21.3. The molecule has 0 bridgehead atoms. The van der Waals surface area contributed by atoms with Crippen LogP contribution in [0.2, 0.25) is 0 Å². The van der Waals surface area contributed by atoms with E-state index < -0.39 is 0 Å². The van der Waals surface area contributed by atoms with Gasteiger partial charge in [-0.2, -0.15) is 5.10 Å². The number of rotatable bonds is 5. The highest BCUT2D eigenvalue weighted by Gasteiger charge is 2.19. The Balaban J connectivity index is 1.58. The second-order valence-electron chi connectivity index (χ2n) is 7.65. The maximum Gasteiger partial charge on any atom is 0.166 e. The lowest BCUT2D eigenvalue weighted by atomic mass is 10.1. The van der Waals surface area contributed by atoms with Crippen molar-refractivity contribution in [2.24, 2.45) is 0 Å². The monoisotopic (exact) mass is 629 g/mol. The summed E-state index contributed by atoms with van der Waals surface area (Å²) < 4.78 is 10.8. The van der Waals surface area contributed by atoms with E-state index in [4.69, 9.17) is 10.5 Å². The van der Waals surface area contributed by atoms with Gasteiger partial charge in [-0.15, -0.1) is 0 Å². The molecule has 3 aromatic rings. The average Bonchev–Trinajstić information content (AvgIpc) is 3.24. The zero-order valence-electron chi connectivity index (χ0n) is 17.0. The van der Waals surface area contributed by atoms with Crippen molar-refractivity contribution >= 4 is 51.0 Å². The fourth-order valence-corrected chi connectivity index (χ4v) is 6.08. The molecule has 0 spiro atoms. The van der Waals surface area contributed by atoms with E-state index in [1.165, 1.54) is 18.3 Å². The first-order valence-corrected chi connectivity index (χ1v) is 12.2. The number of nitrogens with zero attached hydrogens (tertiary/aromatic N) is 3. The van der Waals surface area contributed by atoms with E-state index in [-0.39, 0.29) is 6.10 Å². The molecule has 158 valence electrons. The van der Waals surface area contributed by atoms with E-state index in [0.29, 0.717) is 17.6 Å². The van der Waals surface area contributed by atoms with Crippen LogP contribution in [0.25, 0.3) is 11.1 Å². The smallest absolute Gasteiger partial charge is 0.166 e. The predicted octanol–water partition coefficient (Wildman–Crippen LogP) is 5.11. The van der Waals surface area contributed by atoms with Crippen molar-refractivity contribution in [2.45, 2.75) is 38.8 Å². The van der Waals surface area contributed by atoms with Crippen LogP contribution in [0.5, 0.6) is 5.75 Å². The van der Waals surface area contributed by atoms with Crippen LogP contribution in [0.3, 0.4) is 0 Å². The lowest BCUT2D eigenvalue weighted by Crippen LogP contribution is -2.29. The van der Waals surface area contributed by atoms with Gasteiger partial charge in [0.05, 0.1) is 12.2 Å². The maximum absolute atomic E-state index is 6.30. The molecule has 1 unspecified atom stereocenters. The van der Waals surface area contributed by atoms with Gasteiger partial charge in [-0.05, 0) is 103 Å². The number of hydrogen-bond donors (Lipinski definition) is 2. The number of nitrogen functional groups attached to an aromatic ring is 1. The number of hydrogen-bond acceptors (Lipinski definition) is 5. The molecule has 30 heavy (non-hydrogen) atoms. The molecule has 8 heteroatoms. The summed E-state index contributed by atoms with van der Waals surface area (Å²) in [5.41, 5.74) is 10.6. The highest BCUT2D eigenvalue weighted by Crippen LogP contribution is 2.34. The number of aryl methyl sites for hydroxylation is 1. The molecule has 3 N–H and O–H groups in total. The van der Waals surface area contributed by atoms with Gasteiger partial charge in [0, 0.05) is 36.2 Å². The molecule has 1 aliphatic heterocycles. The molecule has 0 saturated carbocycles. The minimum Gasteiger partial charge on any atom is -0.482 e. The average molecular weight is 629 g/mol. The first-order valence-electron chi connectivity index (χ1n) is 10.1. The van der Waals surface area contributed by atoms with Crippen molar-refractivity contribution in [1.82, 2.24) is 20.1 Å². The predicted molar refractivity (Wildman–Crippen MR) is 137 cm³/mol. The van der Waals surface area contributed by atoms with Crippen molar-refractivity contribution in [3.63, 3.8) is 0 Å². The Morgan fingerprint density at radius 1 is 1.20 bits per heavy atom. The van der Waals surface area contributed by atoms with Gasteiger partial charge in [-0.25, -0.2) is 4.98 Å². The van der Waals surface area contributed by atoms with Gasteiger partial charge in [0.1, 0.15) is 6.10 Å². The Morgan fingerprint density at radius 3 is 2.73 bits per heavy atom. The van der Waals surface area contributed by atoms with E-state index in [1.54, 1.807) is 6.20 Å². The number of anilines is 1. The van der Waals surface area contributed by atoms with Crippen LogP contribution in [0.4, 0.5) is 5.82 Å². The Kier molecular flexibility index (Phi) is 6.83. The normalized spacial score (nSPS) is 15.9. The SMILES string of the molecule is Cc1ccc(I)c(C(C)Oc2cc(-c3cnn(C4CCNCC4)c3)cnc2N)c1I. The first-order chi connectivity index (χ1) is 14.4. The third kappa shape index (κ3) is 4.59. The summed E-state index contributed by atoms with van der Waals surface area (Å²) in [5, 5.41) is 7.99. The molecule has 3 heterocycles. The van der Waals surface area contributed by atoms with Gasteiger partial charge in [0.15, 0.2) is 11.6 Å². The standard InChI is InChI=1S/C22H25I2N5O/c1-13-3-4-18(23)20(21(13)24)14(2)30-19-9-15(10-27-22(19)25)16-11-28-29(12-16)17-5-7-26-8-6-17/h3-4,9-12,14,17,26H,5-8H2,1-2H3,(H2,25,27). The number of benzene rings is 1. The topological polar surface area (TPSA) is 78.0 Å². The third-order valence-electron chi connectivity index (χ3n) is 5.53. The number of ether oxygens (including phenoxy) is 1.